The van der Waals surface area contributed by atoms with Crippen molar-refractivity contribution in [2.75, 3.05) is 4.72 Å². The van der Waals surface area contributed by atoms with Gasteiger partial charge >= 0.3 is 0 Å². The van der Waals surface area contributed by atoms with Gasteiger partial charge in [-0.3, -0.25) is 4.72 Å². The van der Waals surface area contributed by atoms with Crippen LogP contribution in [0.3, 0.4) is 0 Å². The first-order valence-corrected chi connectivity index (χ1v) is 8.36. The molecule has 2 aromatic carbocycles. The van der Waals surface area contributed by atoms with E-state index in [9.17, 15) is 12.8 Å². The highest BCUT2D eigenvalue weighted by Crippen LogP contribution is 2.23. The van der Waals surface area contributed by atoms with Crippen LogP contribution in [0, 0.1) is 5.82 Å². The molecular formula is C13H10BrFN2O2S2. The summed E-state index contributed by atoms with van der Waals surface area (Å²) in [6.07, 6.45) is 0. The van der Waals surface area contributed by atoms with E-state index < -0.39 is 15.8 Å². The number of hydrogen-bond acceptors (Lipinski definition) is 3. The van der Waals surface area contributed by atoms with Crippen LogP contribution in [0.5, 0.6) is 0 Å². The van der Waals surface area contributed by atoms with E-state index in [0.717, 1.165) is 6.07 Å². The fourth-order valence-corrected chi connectivity index (χ4v) is 3.19. The van der Waals surface area contributed by atoms with Gasteiger partial charge < -0.3 is 5.73 Å². The van der Waals surface area contributed by atoms with Gasteiger partial charge in [-0.15, -0.1) is 0 Å². The van der Waals surface area contributed by atoms with Gasteiger partial charge in [-0.2, -0.15) is 0 Å². The van der Waals surface area contributed by atoms with Gasteiger partial charge in [0.1, 0.15) is 10.8 Å². The minimum atomic E-state index is -3.93. The van der Waals surface area contributed by atoms with Gasteiger partial charge in [-0.05, 0) is 30.3 Å². The molecule has 21 heavy (non-hydrogen) atoms. The number of nitrogens with one attached hydrogen (secondary N) is 1. The topological polar surface area (TPSA) is 72.2 Å². The van der Waals surface area contributed by atoms with E-state index in [-0.39, 0.29) is 15.6 Å². The summed E-state index contributed by atoms with van der Waals surface area (Å²) in [5, 5.41) is 0. The predicted molar refractivity (Wildman–Crippen MR) is 87.2 cm³/mol. The highest BCUT2D eigenvalue weighted by molar-refractivity contribution is 9.10. The lowest BCUT2D eigenvalue weighted by Gasteiger charge is -2.10. The molecule has 0 fully saturated rings. The molecule has 0 aliphatic rings. The fraction of sp³-hybridized carbons (Fsp3) is 0. The van der Waals surface area contributed by atoms with E-state index in [1.807, 2.05) is 0 Å². The van der Waals surface area contributed by atoms with Crippen molar-refractivity contribution in [3.8, 4) is 0 Å². The highest BCUT2D eigenvalue weighted by Gasteiger charge is 2.17. The van der Waals surface area contributed by atoms with Crippen molar-refractivity contribution in [2.45, 2.75) is 4.90 Å². The molecule has 4 nitrogen and oxygen atoms in total. The summed E-state index contributed by atoms with van der Waals surface area (Å²) in [4.78, 5) is 0.0351. The van der Waals surface area contributed by atoms with Crippen LogP contribution in [0.4, 0.5) is 10.1 Å². The molecule has 8 heteroatoms. The van der Waals surface area contributed by atoms with Crippen molar-refractivity contribution < 1.29 is 12.8 Å². The minimum absolute atomic E-state index is 0.0489. The molecule has 0 atom stereocenters. The van der Waals surface area contributed by atoms with Gasteiger partial charge in [0.15, 0.2) is 0 Å². The lowest BCUT2D eigenvalue weighted by Crippen LogP contribution is -2.16. The Kier molecular flexibility index (Phi) is 4.60. The van der Waals surface area contributed by atoms with Gasteiger partial charge in [-0.25, -0.2) is 12.8 Å². The van der Waals surface area contributed by atoms with Crippen LogP contribution in [0.25, 0.3) is 0 Å². The summed E-state index contributed by atoms with van der Waals surface area (Å²) in [7, 11) is -3.93. The summed E-state index contributed by atoms with van der Waals surface area (Å²) in [5.41, 5.74) is 5.74. The first kappa shape index (κ1) is 15.9. The zero-order valence-corrected chi connectivity index (χ0v) is 13.7. The molecule has 0 amide bonds. The SMILES string of the molecule is NC(=S)c1cccc(S(=O)(=O)Nc2cc(Br)ccc2F)c1. The maximum absolute atomic E-state index is 13.6. The predicted octanol–water partition coefficient (Wildman–Crippen LogP) is 3.02. The number of nitrogens with two attached hydrogens (primary N) is 1. The van der Waals surface area contributed by atoms with Gasteiger partial charge in [0.05, 0.1) is 10.6 Å². The van der Waals surface area contributed by atoms with E-state index in [4.69, 9.17) is 18.0 Å². The molecule has 2 rings (SSSR count). The molecule has 0 radical (unpaired) electrons. The quantitative estimate of drug-likeness (QED) is 0.789. The Morgan fingerprint density at radius 1 is 1.24 bits per heavy atom. The largest absolute Gasteiger partial charge is 0.389 e. The van der Waals surface area contributed by atoms with Crippen molar-refractivity contribution in [1.29, 1.82) is 0 Å². The molecule has 3 N–H and O–H groups in total. The summed E-state index contributed by atoms with van der Waals surface area (Å²) in [6.45, 7) is 0. The Hall–Kier alpha value is -1.51. The molecule has 0 bridgehead atoms. The third-order valence-corrected chi connectivity index (χ3v) is 4.69. The Morgan fingerprint density at radius 3 is 2.62 bits per heavy atom. The van der Waals surface area contributed by atoms with Crippen molar-refractivity contribution in [1.82, 2.24) is 0 Å². The smallest absolute Gasteiger partial charge is 0.262 e. The monoisotopic (exact) mass is 388 g/mol. The number of anilines is 1. The van der Waals surface area contributed by atoms with Crippen LogP contribution in [-0.4, -0.2) is 13.4 Å². The third kappa shape index (κ3) is 3.78. The van der Waals surface area contributed by atoms with Crippen LogP contribution in [0.2, 0.25) is 0 Å². The van der Waals surface area contributed by atoms with E-state index in [1.165, 1.54) is 30.3 Å². The summed E-state index contributed by atoms with van der Waals surface area (Å²) in [6, 6.07) is 9.79. The number of thiocarbonyl (C=S) groups is 1. The molecular weight excluding hydrogens is 379 g/mol. The molecule has 0 saturated heterocycles. The zero-order valence-electron chi connectivity index (χ0n) is 10.5. The zero-order chi connectivity index (χ0) is 15.6. The van der Waals surface area contributed by atoms with Crippen molar-refractivity contribution in [3.63, 3.8) is 0 Å². The third-order valence-electron chi connectivity index (χ3n) is 2.60. The van der Waals surface area contributed by atoms with Gasteiger partial charge in [-0.1, -0.05) is 40.3 Å². The van der Waals surface area contributed by atoms with Crippen LogP contribution in [0.15, 0.2) is 51.8 Å². The second-order valence-electron chi connectivity index (χ2n) is 4.12. The van der Waals surface area contributed by atoms with Crippen molar-refractivity contribution in [3.05, 3.63) is 58.3 Å². The maximum atomic E-state index is 13.6. The molecule has 0 aromatic heterocycles. The second-order valence-corrected chi connectivity index (χ2v) is 7.16. The Balaban J connectivity index is 2.41. The number of hydrogen-bond donors (Lipinski definition) is 2. The van der Waals surface area contributed by atoms with E-state index in [2.05, 4.69) is 20.7 Å². The van der Waals surface area contributed by atoms with Gasteiger partial charge in [0, 0.05) is 10.0 Å². The van der Waals surface area contributed by atoms with E-state index in [0.29, 0.717) is 10.0 Å². The molecule has 0 unspecified atom stereocenters. The average molecular weight is 389 g/mol. The van der Waals surface area contributed by atoms with Crippen LogP contribution < -0.4 is 10.5 Å². The first-order chi connectivity index (χ1) is 9.79. The first-order valence-electron chi connectivity index (χ1n) is 5.67. The van der Waals surface area contributed by atoms with Crippen LogP contribution in [0.1, 0.15) is 5.56 Å². The summed E-state index contributed by atoms with van der Waals surface area (Å²) in [5.74, 6) is -0.674. The fourth-order valence-electron chi connectivity index (χ4n) is 1.60. The molecule has 0 heterocycles. The number of benzene rings is 2. The van der Waals surface area contributed by atoms with E-state index >= 15 is 0 Å². The summed E-state index contributed by atoms with van der Waals surface area (Å²) < 4.78 is 40.9. The molecule has 0 spiro atoms. The number of sulfonamides is 1. The Bertz CT molecular complexity index is 810. The lowest BCUT2D eigenvalue weighted by atomic mass is 10.2. The molecule has 0 saturated carbocycles. The lowest BCUT2D eigenvalue weighted by molar-refractivity contribution is 0.598. The van der Waals surface area contributed by atoms with Crippen LogP contribution in [-0.2, 0) is 10.0 Å². The van der Waals surface area contributed by atoms with E-state index in [1.54, 1.807) is 6.07 Å². The standard InChI is InChI=1S/C13H10BrFN2O2S2/c14-9-4-5-11(15)12(7-9)17-21(18,19)10-3-1-2-8(6-10)13(16)20/h1-7,17H,(H2,16,20). The maximum Gasteiger partial charge on any atom is 0.262 e. The molecule has 0 aliphatic carbocycles. The van der Waals surface area contributed by atoms with Crippen molar-refractivity contribution >= 4 is 48.8 Å². The summed E-state index contributed by atoms with van der Waals surface area (Å²) >= 11 is 7.96. The Labute approximate surface area is 135 Å². The normalized spacial score (nSPS) is 11.1. The average Bonchev–Trinajstić information content (AvgIpc) is 2.43. The second kappa shape index (κ2) is 6.08. The Morgan fingerprint density at radius 2 is 1.95 bits per heavy atom. The van der Waals surface area contributed by atoms with Gasteiger partial charge in [0.2, 0.25) is 0 Å². The molecule has 2 aromatic rings. The highest BCUT2D eigenvalue weighted by atomic mass is 79.9. The van der Waals surface area contributed by atoms with Crippen molar-refractivity contribution in [2.24, 2.45) is 5.73 Å². The molecule has 110 valence electrons. The molecule has 0 aliphatic heterocycles. The van der Waals surface area contributed by atoms with Crippen LogP contribution >= 0.6 is 28.1 Å². The number of halogens is 2. The minimum Gasteiger partial charge on any atom is -0.389 e. The number of rotatable bonds is 4. The van der Waals surface area contributed by atoms with Gasteiger partial charge in [0.25, 0.3) is 10.0 Å².